The molecule has 2 heterocycles. The van der Waals surface area contributed by atoms with E-state index in [2.05, 4.69) is 12.2 Å². The van der Waals surface area contributed by atoms with Crippen LogP contribution in [0.4, 0.5) is 0 Å². The van der Waals surface area contributed by atoms with Gasteiger partial charge in [0.1, 0.15) is 12.3 Å². The molecule has 1 aromatic rings. The maximum Gasteiger partial charge on any atom is 0.255 e. The second-order valence-corrected chi connectivity index (χ2v) is 5.76. The van der Waals surface area contributed by atoms with Crippen LogP contribution in [0.2, 0.25) is 0 Å². The number of nitrogens with two attached hydrogens (primary N) is 1. The summed E-state index contributed by atoms with van der Waals surface area (Å²) < 4.78 is 4.87. The Kier molecular flexibility index (Phi) is 6.90. The van der Waals surface area contributed by atoms with E-state index < -0.39 is 6.04 Å². The van der Waals surface area contributed by atoms with Crippen molar-refractivity contribution in [3.63, 3.8) is 0 Å². The van der Waals surface area contributed by atoms with E-state index in [1.54, 1.807) is 17.9 Å². The molecule has 0 radical (unpaired) electrons. The van der Waals surface area contributed by atoms with Gasteiger partial charge in [0.2, 0.25) is 5.91 Å². The lowest BCUT2D eigenvalue weighted by Gasteiger charge is -2.39. The quantitative estimate of drug-likeness (QED) is 0.874. The average molecular weight is 330 g/mol. The molecule has 1 saturated heterocycles. The van der Waals surface area contributed by atoms with Gasteiger partial charge in [-0.05, 0) is 31.7 Å². The van der Waals surface area contributed by atoms with Crippen LogP contribution in [-0.2, 0) is 4.79 Å². The van der Waals surface area contributed by atoms with Gasteiger partial charge in [-0.1, -0.05) is 6.92 Å². The van der Waals surface area contributed by atoms with Gasteiger partial charge in [0.05, 0.1) is 11.8 Å². The zero-order chi connectivity index (χ0) is 15.4. The number of likely N-dealkylation sites (tertiary alicyclic amines) is 1. The highest BCUT2D eigenvalue weighted by atomic mass is 35.5. The fourth-order valence-corrected chi connectivity index (χ4v) is 2.75. The Bertz CT molecular complexity index is 492. The van der Waals surface area contributed by atoms with E-state index in [0.717, 1.165) is 12.8 Å². The van der Waals surface area contributed by atoms with Crippen molar-refractivity contribution in [3.05, 3.63) is 24.2 Å². The molecule has 2 amide bonds. The van der Waals surface area contributed by atoms with E-state index in [-0.39, 0.29) is 30.3 Å². The summed E-state index contributed by atoms with van der Waals surface area (Å²) in [4.78, 5) is 26.3. The monoisotopic (exact) mass is 329 g/mol. The minimum absolute atomic E-state index is 0. The van der Waals surface area contributed by atoms with Crippen molar-refractivity contribution < 1.29 is 14.0 Å². The summed E-state index contributed by atoms with van der Waals surface area (Å²) in [7, 11) is 0. The first kappa shape index (κ1) is 18.5. The van der Waals surface area contributed by atoms with E-state index in [4.69, 9.17) is 10.2 Å². The van der Waals surface area contributed by atoms with Crippen LogP contribution in [0.1, 0.15) is 37.0 Å². The van der Waals surface area contributed by atoms with Crippen molar-refractivity contribution in [2.75, 3.05) is 13.1 Å². The van der Waals surface area contributed by atoms with Gasteiger partial charge in [0.25, 0.3) is 5.91 Å². The Morgan fingerprint density at radius 2 is 2.27 bits per heavy atom. The van der Waals surface area contributed by atoms with Gasteiger partial charge in [-0.25, -0.2) is 0 Å². The van der Waals surface area contributed by atoms with Crippen LogP contribution in [0.15, 0.2) is 23.0 Å². The van der Waals surface area contributed by atoms with E-state index in [9.17, 15) is 9.59 Å². The number of carbonyl (C=O) groups excluding carboxylic acids is 2. The topological polar surface area (TPSA) is 88.6 Å². The van der Waals surface area contributed by atoms with Gasteiger partial charge < -0.3 is 20.4 Å². The van der Waals surface area contributed by atoms with Crippen molar-refractivity contribution >= 4 is 24.2 Å². The number of halogens is 1. The Hall–Kier alpha value is -1.53. The molecular weight excluding hydrogens is 306 g/mol. The van der Waals surface area contributed by atoms with Crippen molar-refractivity contribution in [2.45, 2.75) is 38.8 Å². The fourth-order valence-electron chi connectivity index (χ4n) is 2.75. The second-order valence-electron chi connectivity index (χ2n) is 5.76. The molecule has 2 rings (SSSR count). The molecule has 0 spiro atoms. The highest BCUT2D eigenvalue weighted by Crippen LogP contribution is 2.22. The molecule has 1 fully saturated rings. The summed E-state index contributed by atoms with van der Waals surface area (Å²) in [5.74, 6) is 0.201. The first-order chi connectivity index (χ1) is 10.0. The molecule has 7 heteroatoms. The van der Waals surface area contributed by atoms with Crippen LogP contribution in [0.25, 0.3) is 0 Å². The van der Waals surface area contributed by atoms with E-state index in [0.29, 0.717) is 24.6 Å². The first-order valence-electron chi connectivity index (χ1n) is 7.36. The van der Waals surface area contributed by atoms with Crippen LogP contribution in [0, 0.1) is 5.92 Å². The van der Waals surface area contributed by atoms with E-state index >= 15 is 0 Å². The zero-order valence-electron chi connectivity index (χ0n) is 13.0. The predicted molar refractivity (Wildman–Crippen MR) is 85.8 cm³/mol. The number of nitrogens with zero attached hydrogens (tertiary/aromatic N) is 1. The average Bonchev–Trinajstić information content (AvgIpc) is 3.00. The lowest BCUT2D eigenvalue weighted by atomic mass is 9.92. The fraction of sp³-hybridized carbons (Fsp3) is 0.600. The summed E-state index contributed by atoms with van der Waals surface area (Å²) in [5.41, 5.74) is 6.19. The Morgan fingerprint density at radius 1 is 1.55 bits per heavy atom. The molecular formula is C15H24ClN3O3. The Morgan fingerprint density at radius 3 is 2.86 bits per heavy atom. The number of carbonyl (C=O) groups is 2. The van der Waals surface area contributed by atoms with Gasteiger partial charge in [-0.2, -0.15) is 0 Å². The van der Waals surface area contributed by atoms with Crippen LogP contribution < -0.4 is 11.1 Å². The van der Waals surface area contributed by atoms with Crippen LogP contribution in [-0.4, -0.2) is 41.9 Å². The van der Waals surface area contributed by atoms with Gasteiger partial charge in [0.15, 0.2) is 0 Å². The Labute approximate surface area is 136 Å². The molecule has 0 aromatic carbocycles. The zero-order valence-corrected chi connectivity index (χ0v) is 13.8. The number of hydrogen-bond donors (Lipinski definition) is 2. The molecule has 6 nitrogen and oxygen atoms in total. The lowest BCUT2D eigenvalue weighted by molar-refractivity contribution is -0.136. The maximum atomic E-state index is 12.5. The third-order valence-corrected chi connectivity index (χ3v) is 4.03. The number of piperidine rings is 1. The molecule has 3 atom stereocenters. The molecule has 0 aliphatic carbocycles. The van der Waals surface area contributed by atoms with Gasteiger partial charge in [0, 0.05) is 19.1 Å². The maximum absolute atomic E-state index is 12.5. The molecule has 3 N–H and O–H groups in total. The third-order valence-electron chi connectivity index (χ3n) is 4.03. The summed E-state index contributed by atoms with van der Waals surface area (Å²) >= 11 is 0. The van der Waals surface area contributed by atoms with Crippen LogP contribution >= 0.6 is 12.4 Å². The molecule has 124 valence electrons. The molecule has 0 saturated carbocycles. The number of hydrogen-bond acceptors (Lipinski definition) is 4. The molecule has 3 unspecified atom stereocenters. The SMILES string of the molecule is CC1CCN(C(=O)C(C)NC(=O)c2ccoc2)C(CN)C1.Cl. The minimum atomic E-state index is -0.574. The number of amides is 2. The Balaban J connectivity index is 0.00000242. The molecule has 22 heavy (non-hydrogen) atoms. The lowest BCUT2D eigenvalue weighted by Crippen LogP contribution is -2.55. The molecule has 1 aromatic heterocycles. The molecule has 0 bridgehead atoms. The second kappa shape index (κ2) is 8.19. The summed E-state index contributed by atoms with van der Waals surface area (Å²) in [5, 5.41) is 2.70. The highest BCUT2D eigenvalue weighted by Gasteiger charge is 2.31. The normalized spacial score (nSPS) is 22.6. The van der Waals surface area contributed by atoms with Gasteiger partial charge in [-0.15, -0.1) is 12.4 Å². The van der Waals surface area contributed by atoms with Crippen molar-refractivity contribution in [3.8, 4) is 0 Å². The number of furan rings is 1. The van der Waals surface area contributed by atoms with E-state index in [1.807, 2.05) is 0 Å². The smallest absolute Gasteiger partial charge is 0.255 e. The first-order valence-corrected chi connectivity index (χ1v) is 7.36. The van der Waals surface area contributed by atoms with Crippen molar-refractivity contribution in [1.82, 2.24) is 10.2 Å². The minimum Gasteiger partial charge on any atom is -0.472 e. The summed E-state index contributed by atoms with van der Waals surface area (Å²) in [6.07, 6.45) is 4.69. The standard InChI is InChI=1S/C15H23N3O3.ClH/c1-10-3-5-18(13(7-10)8-16)15(20)11(2)17-14(19)12-4-6-21-9-12;/h4,6,9-11,13H,3,5,7-8,16H2,1-2H3,(H,17,19);1H. The number of nitrogens with one attached hydrogen (secondary N) is 1. The molecule has 1 aliphatic rings. The highest BCUT2D eigenvalue weighted by molar-refractivity contribution is 5.97. The summed E-state index contributed by atoms with van der Waals surface area (Å²) in [6, 6.07) is 1.06. The number of rotatable bonds is 4. The van der Waals surface area contributed by atoms with Crippen molar-refractivity contribution in [1.29, 1.82) is 0 Å². The summed E-state index contributed by atoms with van der Waals surface area (Å²) in [6.45, 7) is 5.03. The third kappa shape index (κ3) is 4.24. The van der Waals surface area contributed by atoms with Crippen LogP contribution in [0.5, 0.6) is 0 Å². The van der Waals surface area contributed by atoms with Gasteiger partial charge >= 0.3 is 0 Å². The van der Waals surface area contributed by atoms with Gasteiger partial charge in [-0.3, -0.25) is 9.59 Å². The van der Waals surface area contributed by atoms with Crippen molar-refractivity contribution in [2.24, 2.45) is 11.7 Å². The molecule has 1 aliphatic heterocycles. The van der Waals surface area contributed by atoms with E-state index in [1.165, 1.54) is 12.5 Å². The van der Waals surface area contributed by atoms with Crippen LogP contribution in [0.3, 0.4) is 0 Å². The predicted octanol–water partition coefficient (Wildman–Crippen LogP) is 1.41. The largest absolute Gasteiger partial charge is 0.472 e.